The fourth-order valence-corrected chi connectivity index (χ4v) is 1.95. The normalized spacial score (nSPS) is 11.8. The molecule has 3 nitrogen and oxygen atoms in total. The van der Waals surface area contributed by atoms with Crippen LogP contribution in [-0.2, 0) is 0 Å². The minimum absolute atomic E-state index is 0.518. The van der Waals surface area contributed by atoms with Crippen LogP contribution in [0.25, 0.3) is 6.08 Å². The summed E-state index contributed by atoms with van der Waals surface area (Å²) in [4.78, 5) is 0. The maximum atomic E-state index is 5.75. The van der Waals surface area contributed by atoms with Gasteiger partial charge < -0.3 is 14.8 Å². The first kappa shape index (κ1) is 16.6. The maximum absolute atomic E-state index is 5.75. The highest BCUT2D eigenvalue weighted by Crippen LogP contribution is 2.29. The van der Waals surface area contributed by atoms with Gasteiger partial charge in [0.2, 0.25) is 0 Å². The fourth-order valence-electron chi connectivity index (χ4n) is 1.95. The number of hydrogen-bond donors (Lipinski definition) is 1. The summed E-state index contributed by atoms with van der Waals surface area (Å²) in [5.41, 5.74) is 2.52. The second kappa shape index (κ2) is 8.64. The Morgan fingerprint density at radius 1 is 1.30 bits per heavy atom. The number of nitrogens with one attached hydrogen (secondary N) is 1. The van der Waals surface area contributed by atoms with E-state index >= 15 is 0 Å². The summed E-state index contributed by atoms with van der Waals surface area (Å²) in [5, 5.41) is 3.22. The summed E-state index contributed by atoms with van der Waals surface area (Å²) >= 11 is 0. The van der Waals surface area contributed by atoms with Crippen molar-refractivity contribution in [3.05, 3.63) is 29.3 Å². The van der Waals surface area contributed by atoms with Gasteiger partial charge in [0.05, 0.1) is 13.7 Å². The van der Waals surface area contributed by atoms with Crippen LogP contribution < -0.4 is 14.8 Å². The topological polar surface area (TPSA) is 30.5 Å². The fraction of sp³-hybridized carbons (Fsp3) is 0.529. The molecule has 0 heterocycles. The number of rotatable bonds is 8. The maximum Gasteiger partial charge on any atom is 0.161 e. The van der Waals surface area contributed by atoms with Crippen molar-refractivity contribution in [2.45, 2.75) is 27.2 Å². The molecule has 1 aromatic carbocycles. The van der Waals surface area contributed by atoms with E-state index in [4.69, 9.17) is 9.47 Å². The van der Waals surface area contributed by atoms with Crippen molar-refractivity contribution in [3.8, 4) is 11.5 Å². The molecule has 20 heavy (non-hydrogen) atoms. The molecular weight excluding hydrogens is 250 g/mol. The first-order chi connectivity index (χ1) is 9.62. The Labute approximate surface area is 123 Å². The van der Waals surface area contributed by atoms with Gasteiger partial charge in [-0.15, -0.1) is 0 Å². The Morgan fingerprint density at radius 2 is 2.05 bits per heavy atom. The quantitative estimate of drug-likeness (QED) is 0.785. The smallest absolute Gasteiger partial charge is 0.161 e. The Balaban J connectivity index is 3.02. The van der Waals surface area contributed by atoms with E-state index in [0.29, 0.717) is 12.5 Å². The number of benzene rings is 1. The first-order valence-corrected chi connectivity index (χ1v) is 7.28. The van der Waals surface area contributed by atoms with Crippen LogP contribution in [0.15, 0.2) is 23.8 Å². The molecule has 0 spiro atoms. The second-order valence-corrected chi connectivity index (χ2v) is 5.16. The van der Waals surface area contributed by atoms with Crippen LogP contribution in [0.2, 0.25) is 0 Å². The zero-order valence-corrected chi connectivity index (χ0v) is 13.3. The lowest BCUT2D eigenvalue weighted by molar-refractivity contribution is 0.294. The van der Waals surface area contributed by atoms with E-state index in [2.05, 4.69) is 38.2 Å². The van der Waals surface area contributed by atoms with E-state index in [0.717, 1.165) is 30.0 Å². The first-order valence-electron chi connectivity index (χ1n) is 7.28. The van der Waals surface area contributed by atoms with Crippen molar-refractivity contribution in [1.82, 2.24) is 5.32 Å². The summed E-state index contributed by atoms with van der Waals surface area (Å²) in [6.07, 6.45) is 3.21. The zero-order chi connectivity index (χ0) is 15.0. The Hall–Kier alpha value is -1.48. The van der Waals surface area contributed by atoms with Gasteiger partial charge in [0.1, 0.15) is 0 Å². The van der Waals surface area contributed by atoms with Crippen molar-refractivity contribution in [3.63, 3.8) is 0 Å². The van der Waals surface area contributed by atoms with Gasteiger partial charge in [-0.05, 0) is 37.1 Å². The van der Waals surface area contributed by atoms with Gasteiger partial charge in [0.25, 0.3) is 0 Å². The lowest BCUT2D eigenvalue weighted by Gasteiger charge is -2.13. The molecule has 0 atom stereocenters. The van der Waals surface area contributed by atoms with E-state index in [9.17, 15) is 0 Å². The molecule has 0 aliphatic heterocycles. The van der Waals surface area contributed by atoms with Crippen LogP contribution in [0.1, 0.15) is 32.8 Å². The molecule has 1 N–H and O–H groups in total. The minimum atomic E-state index is 0.518. The van der Waals surface area contributed by atoms with Crippen LogP contribution in [0, 0.1) is 5.92 Å². The van der Waals surface area contributed by atoms with Crippen LogP contribution in [-0.4, -0.2) is 27.3 Å². The number of likely N-dealkylation sites (N-methyl/N-ethyl adjacent to an activating group) is 1. The monoisotopic (exact) mass is 277 g/mol. The highest BCUT2D eigenvalue weighted by atomic mass is 16.5. The minimum Gasteiger partial charge on any atom is -0.493 e. The van der Waals surface area contributed by atoms with Crippen LogP contribution >= 0.6 is 0 Å². The molecule has 1 aromatic rings. The number of methoxy groups -OCH3 is 1. The summed E-state index contributed by atoms with van der Waals surface area (Å²) in [5.74, 6) is 2.12. The summed E-state index contributed by atoms with van der Waals surface area (Å²) in [7, 11) is 3.64. The third-order valence-corrected chi connectivity index (χ3v) is 3.12. The van der Waals surface area contributed by atoms with Crippen molar-refractivity contribution < 1.29 is 9.47 Å². The van der Waals surface area contributed by atoms with Crippen molar-refractivity contribution in [2.24, 2.45) is 5.92 Å². The summed E-state index contributed by atoms with van der Waals surface area (Å²) < 4.78 is 11.1. The number of ether oxygens (including phenoxy) is 2. The van der Waals surface area contributed by atoms with Crippen LogP contribution in [0.3, 0.4) is 0 Å². The van der Waals surface area contributed by atoms with Gasteiger partial charge in [-0.1, -0.05) is 38.5 Å². The molecule has 3 heteroatoms. The molecule has 0 fully saturated rings. The molecular formula is C17H27NO2. The molecule has 0 aliphatic rings. The lowest BCUT2D eigenvalue weighted by Crippen LogP contribution is -2.13. The third kappa shape index (κ3) is 4.89. The molecule has 0 amide bonds. The van der Waals surface area contributed by atoms with Gasteiger partial charge in [-0.2, -0.15) is 0 Å². The Bertz CT molecular complexity index is 439. The number of hydrogen-bond acceptors (Lipinski definition) is 3. The Kier molecular flexibility index (Phi) is 7.16. The van der Waals surface area contributed by atoms with E-state index in [1.54, 1.807) is 7.11 Å². The zero-order valence-electron chi connectivity index (χ0n) is 13.3. The lowest BCUT2D eigenvalue weighted by atomic mass is 10.00. The molecule has 0 bridgehead atoms. The largest absolute Gasteiger partial charge is 0.493 e. The van der Waals surface area contributed by atoms with Gasteiger partial charge in [-0.25, -0.2) is 0 Å². The summed E-state index contributed by atoms with van der Waals surface area (Å²) in [6, 6.07) is 6.08. The van der Waals surface area contributed by atoms with Gasteiger partial charge in [0, 0.05) is 6.54 Å². The van der Waals surface area contributed by atoms with E-state index in [-0.39, 0.29) is 0 Å². The Morgan fingerprint density at radius 3 is 2.60 bits per heavy atom. The molecule has 1 rings (SSSR count). The predicted molar refractivity (Wildman–Crippen MR) is 85.5 cm³/mol. The van der Waals surface area contributed by atoms with Crippen LogP contribution in [0.5, 0.6) is 11.5 Å². The molecule has 0 aromatic heterocycles. The average Bonchev–Trinajstić information content (AvgIpc) is 2.44. The highest BCUT2D eigenvalue weighted by molar-refractivity contribution is 5.58. The predicted octanol–water partition coefficient (Wildman–Crippen LogP) is 3.74. The van der Waals surface area contributed by atoms with Crippen LogP contribution in [0.4, 0.5) is 0 Å². The molecule has 0 saturated carbocycles. The second-order valence-electron chi connectivity index (χ2n) is 5.16. The van der Waals surface area contributed by atoms with Gasteiger partial charge in [-0.3, -0.25) is 0 Å². The standard InChI is InChI=1S/C17H27NO2/c1-6-9-20-17-11-14(7-8-16(17)19-5)10-15(12-18-4)13(2)3/h7-8,10-11,13,18H,6,9,12H2,1-5H3. The molecule has 0 radical (unpaired) electrons. The molecule has 112 valence electrons. The van der Waals surface area contributed by atoms with Gasteiger partial charge >= 0.3 is 0 Å². The highest BCUT2D eigenvalue weighted by Gasteiger charge is 2.07. The van der Waals surface area contributed by atoms with E-state index in [1.807, 2.05) is 19.2 Å². The van der Waals surface area contributed by atoms with Crippen molar-refractivity contribution in [1.29, 1.82) is 0 Å². The van der Waals surface area contributed by atoms with E-state index in [1.165, 1.54) is 5.57 Å². The van der Waals surface area contributed by atoms with Gasteiger partial charge in [0.15, 0.2) is 11.5 Å². The molecule has 0 aliphatic carbocycles. The molecule has 0 saturated heterocycles. The average molecular weight is 277 g/mol. The van der Waals surface area contributed by atoms with Crippen molar-refractivity contribution >= 4 is 6.08 Å². The van der Waals surface area contributed by atoms with Crippen molar-refractivity contribution in [2.75, 3.05) is 27.3 Å². The summed E-state index contributed by atoms with van der Waals surface area (Å²) in [6.45, 7) is 8.12. The third-order valence-electron chi connectivity index (χ3n) is 3.12. The molecule has 0 unspecified atom stereocenters. The van der Waals surface area contributed by atoms with E-state index < -0.39 is 0 Å². The SMILES string of the molecule is CCCOc1cc(C=C(CNC)C(C)C)ccc1OC.